The molecule has 1 aliphatic rings. The third-order valence-electron chi connectivity index (χ3n) is 4.35. The Morgan fingerprint density at radius 1 is 1.14 bits per heavy atom. The molecular formula is C19H24N2. The molecule has 2 nitrogen and oxygen atoms in total. The highest BCUT2D eigenvalue weighted by atomic mass is 15.2. The van der Waals surface area contributed by atoms with Gasteiger partial charge in [-0.3, -0.25) is 0 Å². The number of fused-ring (bicyclic) bond motifs is 1. The van der Waals surface area contributed by atoms with Gasteiger partial charge in [-0.1, -0.05) is 48.0 Å². The Morgan fingerprint density at radius 3 is 2.71 bits per heavy atom. The zero-order valence-corrected chi connectivity index (χ0v) is 13.0. The van der Waals surface area contributed by atoms with E-state index in [1.165, 1.54) is 35.2 Å². The SMILES string of the molecule is CNCC(c1ccccc1)N1CCCc2cc(C)ccc21. The van der Waals surface area contributed by atoms with Crippen LogP contribution >= 0.6 is 0 Å². The Labute approximate surface area is 127 Å². The molecule has 2 aromatic carbocycles. The van der Waals surface area contributed by atoms with Crippen molar-refractivity contribution in [2.24, 2.45) is 0 Å². The first-order valence-corrected chi connectivity index (χ1v) is 7.85. The maximum atomic E-state index is 3.36. The highest BCUT2D eigenvalue weighted by molar-refractivity contribution is 5.58. The van der Waals surface area contributed by atoms with Gasteiger partial charge in [-0.2, -0.15) is 0 Å². The number of likely N-dealkylation sites (N-methyl/N-ethyl adjacent to an activating group) is 1. The Morgan fingerprint density at radius 2 is 1.95 bits per heavy atom. The Bertz CT molecular complexity index is 592. The number of aryl methyl sites for hydroxylation is 2. The topological polar surface area (TPSA) is 15.3 Å². The minimum atomic E-state index is 0.401. The summed E-state index contributed by atoms with van der Waals surface area (Å²) in [6, 6.07) is 18.1. The lowest BCUT2D eigenvalue weighted by Crippen LogP contribution is -2.38. The van der Waals surface area contributed by atoms with E-state index in [0.717, 1.165) is 13.1 Å². The number of anilines is 1. The van der Waals surface area contributed by atoms with Crippen LogP contribution in [0.3, 0.4) is 0 Å². The van der Waals surface area contributed by atoms with Crippen LogP contribution in [0, 0.1) is 6.92 Å². The van der Waals surface area contributed by atoms with Crippen molar-refractivity contribution < 1.29 is 0 Å². The van der Waals surface area contributed by atoms with Gasteiger partial charge in [-0.25, -0.2) is 0 Å². The van der Waals surface area contributed by atoms with E-state index in [1.54, 1.807) is 0 Å². The highest BCUT2D eigenvalue weighted by Crippen LogP contribution is 2.34. The molecule has 21 heavy (non-hydrogen) atoms. The maximum absolute atomic E-state index is 3.36. The lowest BCUT2D eigenvalue weighted by molar-refractivity contribution is 0.554. The van der Waals surface area contributed by atoms with Crippen LogP contribution in [0.15, 0.2) is 48.5 Å². The zero-order valence-electron chi connectivity index (χ0n) is 13.0. The summed E-state index contributed by atoms with van der Waals surface area (Å²) in [5.74, 6) is 0. The fourth-order valence-electron chi connectivity index (χ4n) is 3.36. The molecule has 0 aromatic heterocycles. The third kappa shape index (κ3) is 2.96. The first-order valence-electron chi connectivity index (χ1n) is 7.85. The van der Waals surface area contributed by atoms with Crippen LogP contribution in [0.2, 0.25) is 0 Å². The van der Waals surface area contributed by atoms with Crippen LogP contribution in [-0.4, -0.2) is 20.1 Å². The molecule has 1 N–H and O–H groups in total. The van der Waals surface area contributed by atoms with Crippen molar-refractivity contribution in [3.8, 4) is 0 Å². The van der Waals surface area contributed by atoms with Crippen LogP contribution in [0.5, 0.6) is 0 Å². The number of rotatable bonds is 4. The van der Waals surface area contributed by atoms with E-state index < -0.39 is 0 Å². The molecule has 0 saturated heterocycles. The van der Waals surface area contributed by atoms with Gasteiger partial charge in [0.05, 0.1) is 6.04 Å². The number of nitrogens with zero attached hydrogens (tertiary/aromatic N) is 1. The first kappa shape index (κ1) is 14.2. The minimum Gasteiger partial charge on any atom is -0.363 e. The normalized spacial score (nSPS) is 15.6. The zero-order chi connectivity index (χ0) is 14.7. The van der Waals surface area contributed by atoms with Crippen LogP contribution in [0.25, 0.3) is 0 Å². The monoisotopic (exact) mass is 280 g/mol. The predicted molar refractivity (Wildman–Crippen MR) is 90.0 cm³/mol. The summed E-state index contributed by atoms with van der Waals surface area (Å²) in [5.41, 5.74) is 5.66. The van der Waals surface area contributed by atoms with Crippen molar-refractivity contribution in [3.05, 3.63) is 65.2 Å². The second-order valence-corrected chi connectivity index (χ2v) is 5.91. The molecular weight excluding hydrogens is 256 g/mol. The Hall–Kier alpha value is -1.80. The molecule has 0 radical (unpaired) electrons. The molecule has 1 unspecified atom stereocenters. The summed E-state index contributed by atoms with van der Waals surface area (Å²) in [6.07, 6.45) is 2.44. The summed E-state index contributed by atoms with van der Waals surface area (Å²) < 4.78 is 0. The summed E-state index contributed by atoms with van der Waals surface area (Å²) in [6.45, 7) is 4.29. The Balaban J connectivity index is 1.98. The van der Waals surface area contributed by atoms with Crippen LogP contribution in [0.1, 0.15) is 29.2 Å². The molecule has 0 fully saturated rings. The molecule has 0 amide bonds. The van der Waals surface area contributed by atoms with Crippen molar-refractivity contribution in [3.63, 3.8) is 0 Å². The molecule has 110 valence electrons. The molecule has 1 atom stereocenters. The molecule has 2 heteroatoms. The van der Waals surface area contributed by atoms with Crippen LogP contribution in [0.4, 0.5) is 5.69 Å². The van der Waals surface area contributed by atoms with Crippen molar-refractivity contribution in [1.29, 1.82) is 0 Å². The summed E-state index contributed by atoms with van der Waals surface area (Å²) in [5, 5.41) is 3.36. The molecule has 2 aromatic rings. The second kappa shape index (κ2) is 6.31. The minimum absolute atomic E-state index is 0.401. The molecule has 0 spiro atoms. The van der Waals surface area contributed by atoms with E-state index in [4.69, 9.17) is 0 Å². The predicted octanol–water partition coefficient (Wildman–Crippen LogP) is 3.71. The van der Waals surface area contributed by atoms with Gasteiger partial charge in [0.25, 0.3) is 0 Å². The van der Waals surface area contributed by atoms with E-state index in [9.17, 15) is 0 Å². The second-order valence-electron chi connectivity index (χ2n) is 5.91. The average molecular weight is 280 g/mol. The van der Waals surface area contributed by atoms with Gasteiger partial charge in [0.2, 0.25) is 0 Å². The molecule has 3 rings (SSSR count). The van der Waals surface area contributed by atoms with Gasteiger partial charge in [0.15, 0.2) is 0 Å². The number of nitrogens with one attached hydrogen (secondary N) is 1. The lowest BCUT2D eigenvalue weighted by Gasteiger charge is -2.38. The van der Waals surface area contributed by atoms with E-state index >= 15 is 0 Å². The van der Waals surface area contributed by atoms with Crippen molar-refractivity contribution in [1.82, 2.24) is 5.32 Å². The van der Waals surface area contributed by atoms with Crippen molar-refractivity contribution in [2.45, 2.75) is 25.8 Å². The molecule has 0 saturated carbocycles. The summed E-state index contributed by atoms with van der Waals surface area (Å²) >= 11 is 0. The fourth-order valence-corrected chi connectivity index (χ4v) is 3.36. The van der Waals surface area contributed by atoms with Crippen molar-refractivity contribution in [2.75, 3.05) is 25.0 Å². The summed E-state index contributed by atoms with van der Waals surface area (Å²) in [4.78, 5) is 2.57. The van der Waals surface area contributed by atoms with Gasteiger partial charge in [0.1, 0.15) is 0 Å². The van der Waals surface area contributed by atoms with Crippen LogP contribution < -0.4 is 10.2 Å². The maximum Gasteiger partial charge on any atom is 0.0666 e. The molecule has 0 bridgehead atoms. The number of hydrogen-bond acceptors (Lipinski definition) is 2. The van der Waals surface area contributed by atoms with Gasteiger partial charge in [-0.15, -0.1) is 0 Å². The van der Waals surface area contributed by atoms with E-state index in [2.05, 4.69) is 65.7 Å². The smallest absolute Gasteiger partial charge is 0.0666 e. The Kier molecular flexibility index (Phi) is 4.26. The van der Waals surface area contributed by atoms with Gasteiger partial charge in [-0.05, 0) is 44.0 Å². The molecule has 1 aliphatic heterocycles. The standard InChI is InChI=1S/C19H24N2/c1-15-10-11-18-17(13-15)9-6-12-21(18)19(14-20-2)16-7-4-3-5-8-16/h3-5,7-8,10-11,13,19-20H,6,9,12,14H2,1-2H3. The van der Waals surface area contributed by atoms with Crippen LogP contribution in [-0.2, 0) is 6.42 Å². The largest absolute Gasteiger partial charge is 0.363 e. The van der Waals surface area contributed by atoms with Crippen molar-refractivity contribution >= 4 is 5.69 Å². The number of hydrogen-bond donors (Lipinski definition) is 1. The van der Waals surface area contributed by atoms with Gasteiger partial charge in [0, 0.05) is 18.8 Å². The number of benzene rings is 2. The molecule has 0 aliphatic carbocycles. The highest BCUT2D eigenvalue weighted by Gasteiger charge is 2.24. The fraction of sp³-hybridized carbons (Fsp3) is 0.368. The van der Waals surface area contributed by atoms with E-state index in [0.29, 0.717) is 6.04 Å². The van der Waals surface area contributed by atoms with Gasteiger partial charge < -0.3 is 10.2 Å². The van der Waals surface area contributed by atoms with E-state index in [-0.39, 0.29) is 0 Å². The summed E-state index contributed by atoms with van der Waals surface area (Å²) in [7, 11) is 2.04. The molecule has 1 heterocycles. The lowest BCUT2D eigenvalue weighted by atomic mass is 9.95. The average Bonchev–Trinajstić information content (AvgIpc) is 2.53. The quantitative estimate of drug-likeness (QED) is 0.918. The third-order valence-corrected chi connectivity index (χ3v) is 4.35. The first-order chi connectivity index (χ1) is 10.3. The van der Waals surface area contributed by atoms with E-state index in [1.807, 2.05) is 7.05 Å². The van der Waals surface area contributed by atoms with Gasteiger partial charge >= 0.3 is 0 Å².